The van der Waals surface area contributed by atoms with Gasteiger partial charge in [-0.1, -0.05) is 5.21 Å². The summed E-state index contributed by atoms with van der Waals surface area (Å²) in [6, 6.07) is 0. The predicted molar refractivity (Wildman–Crippen MR) is 68.2 cm³/mol. The number of hydrogen-bond donors (Lipinski definition) is 1. The van der Waals surface area contributed by atoms with E-state index in [4.69, 9.17) is 9.84 Å². The third-order valence-corrected chi connectivity index (χ3v) is 3.19. The lowest BCUT2D eigenvalue weighted by Crippen LogP contribution is -2.44. The van der Waals surface area contributed by atoms with E-state index in [1.165, 1.54) is 10.9 Å². The van der Waals surface area contributed by atoms with E-state index in [0.29, 0.717) is 19.7 Å². The number of amides is 1. The van der Waals surface area contributed by atoms with Crippen LogP contribution in [-0.2, 0) is 16.1 Å². The Morgan fingerprint density at radius 2 is 2.35 bits per heavy atom. The lowest BCUT2D eigenvalue weighted by Gasteiger charge is -2.32. The third-order valence-electron chi connectivity index (χ3n) is 3.19. The van der Waals surface area contributed by atoms with E-state index in [9.17, 15) is 9.59 Å². The maximum atomic E-state index is 12.1. The third kappa shape index (κ3) is 3.53. The number of hydrogen-bond acceptors (Lipinski definition) is 5. The van der Waals surface area contributed by atoms with Crippen LogP contribution in [0.2, 0.25) is 0 Å². The zero-order chi connectivity index (χ0) is 14.5. The van der Waals surface area contributed by atoms with Crippen LogP contribution < -0.4 is 0 Å². The summed E-state index contributed by atoms with van der Waals surface area (Å²) in [5, 5.41) is 15.9. The van der Waals surface area contributed by atoms with E-state index >= 15 is 0 Å². The largest absolute Gasteiger partial charge is 0.476 e. The Morgan fingerprint density at radius 3 is 3.00 bits per heavy atom. The van der Waals surface area contributed by atoms with Crippen molar-refractivity contribution in [3.63, 3.8) is 0 Å². The Balaban J connectivity index is 1.91. The Labute approximate surface area is 116 Å². The highest BCUT2D eigenvalue weighted by atomic mass is 16.5. The molecule has 1 N–H and O–H groups in total. The van der Waals surface area contributed by atoms with Crippen LogP contribution in [-0.4, -0.2) is 62.7 Å². The van der Waals surface area contributed by atoms with Crippen molar-refractivity contribution >= 4 is 11.9 Å². The first-order chi connectivity index (χ1) is 9.60. The summed E-state index contributed by atoms with van der Waals surface area (Å²) in [7, 11) is 0. The first kappa shape index (κ1) is 14.4. The Bertz CT molecular complexity index is 486. The number of piperidine rings is 1. The smallest absolute Gasteiger partial charge is 0.358 e. The van der Waals surface area contributed by atoms with Crippen molar-refractivity contribution in [1.29, 1.82) is 0 Å². The van der Waals surface area contributed by atoms with Crippen molar-refractivity contribution in [3.05, 3.63) is 11.9 Å². The Morgan fingerprint density at radius 1 is 1.55 bits per heavy atom. The van der Waals surface area contributed by atoms with E-state index in [1.807, 2.05) is 6.92 Å². The van der Waals surface area contributed by atoms with E-state index in [0.717, 1.165) is 12.8 Å². The minimum atomic E-state index is -1.15. The highest BCUT2D eigenvalue weighted by Crippen LogP contribution is 2.13. The van der Waals surface area contributed by atoms with Crippen LogP contribution in [0, 0.1) is 0 Å². The molecule has 1 unspecified atom stereocenters. The maximum Gasteiger partial charge on any atom is 0.358 e. The fourth-order valence-corrected chi connectivity index (χ4v) is 2.25. The van der Waals surface area contributed by atoms with Gasteiger partial charge in [-0.15, -0.1) is 5.10 Å². The SMILES string of the molecule is CCOC1CCCN(C(=O)Cn2cc(C(=O)O)nn2)C1. The van der Waals surface area contributed by atoms with Gasteiger partial charge in [0, 0.05) is 19.7 Å². The average Bonchev–Trinajstić information content (AvgIpc) is 2.88. The highest BCUT2D eigenvalue weighted by molar-refractivity contribution is 5.84. The minimum Gasteiger partial charge on any atom is -0.476 e. The van der Waals surface area contributed by atoms with Crippen LogP contribution in [0.4, 0.5) is 0 Å². The van der Waals surface area contributed by atoms with Gasteiger partial charge in [-0.05, 0) is 19.8 Å². The van der Waals surface area contributed by atoms with E-state index in [-0.39, 0.29) is 24.2 Å². The van der Waals surface area contributed by atoms with Crippen LogP contribution in [0.15, 0.2) is 6.20 Å². The van der Waals surface area contributed by atoms with Crippen molar-refractivity contribution in [2.45, 2.75) is 32.4 Å². The fraction of sp³-hybridized carbons (Fsp3) is 0.667. The molecule has 1 fully saturated rings. The predicted octanol–water partition coefficient (Wildman–Crippen LogP) is 0.00380. The van der Waals surface area contributed by atoms with Crippen molar-refractivity contribution in [2.24, 2.45) is 0 Å². The van der Waals surface area contributed by atoms with Gasteiger partial charge >= 0.3 is 5.97 Å². The van der Waals surface area contributed by atoms with Crippen molar-refractivity contribution in [3.8, 4) is 0 Å². The summed E-state index contributed by atoms with van der Waals surface area (Å²) >= 11 is 0. The number of carboxylic acids is 1. The Kier molecular flexibility index (Phi) is 4.67. The van der Waals surface area contributed by atoms with E-state index in [1.54, 1.807) is 4.90 Å². The minimum absolute atomic E-state index is 0.000868. The summed E-state index contributed by atoms with van der Waals surface area (Å²) in [6.07, 6.45) is 3.21. The lowest BCUT2D eigenvalue weighted by atomic mass is 10.1. The molecule has 1 saturated heterocycles. The highest BCUT2D eigenvalue weighted by Gasteiger charge is 2.24. The van der Waals surface area contributed by atoms with Crippen LogP contribution in [0.5, 0.6) is 0 Å². The topological polar surface area (TPSA) is 97.5 Å². The Hall–Kier alpha value is -1.96. The molecule has 2 heterocycles. The summed E-state index contributed by atoms with van der Waals surface area (Å²) in [5.74, 6) is -1.26. The van der Waals surface area contributed by atoms with Gasteiger partial charge in [0.2, 0.25) is 5.91 Å². The van der Waals surface area contributed by atoms with Crippen molar-refractivity contribution in [2.75, 3.05) is 19.7 Å². The number of aromatic carboxylic acids is 1. The normalized spacial score (nSPS) is 19.1. The number of carbonyl (C=O) groups excluding carboxylic acids is 1. The van der Waals surface area contributed by atoms with Crippen LogP contribution >= 0.6 is 0 Å². The number of ether oxygens (including phenoxy) is 1. The molecule has 2 rings (SSSR count). The standard InChI is InChI=1S/C12H18N4O4/c1-2-20-9-4-3-5-15(6-9)11(17)8-16-7-10(12(18)19)13-14-16/h7,9H,2-6,8H2,1H3,(H,18,19). The van der Waals surface area contributed by atoms with Crippen molar-refractivity contribution in [1.82, 2.24) is 19.9 Å². The monoisotopic (exact) mass is 282 g/mol. The van der Waals surface area contributed by atoms with Gasteiger partial charge in [0.1, 0.15) is 6.54 Å². The summed E-state index contributed by atoms with van der Waals surface area (Å²) in [5.41, 5.74) is -0.163. The number of carboxylic acid groups (broad SMARTS) is 1. The zero-order valence-corrected chi connectivity index (χ0v) is 11.4. The molecule has 0 spiro atoms. The molecule has 1 atom stereocenters. The van der Waals surface area contributed by atoms with Gasteiger partial charge in [0.25, 0.3) is 0 Å². The molecule has 1 aromatic rings. The van der Waals surface area contributed by atoms with Gasteiger partial charge in [-0.25, -0.2) is 9.48 Å². The average molecular weight is 282 g/mol. The van der Waals surface area contributed by atoms with Crippen molar-refractivity contribution < 1.29 is 19.4 Å². The molecule has 20 heavy (non-hydrogen) atoms. The van der Waals surface area contributed by atoms with Gasteiger partial charge < -0.3 is 14.7 Å². The van der Waals surface area contributed by atoms with Crippen LogP contribution in [0.3, 0.4) is 0 Å². The maximum absolute atomic E-state index is 12.1. The number of rotatable bonds is 5. The second-order valence-electron chi connectivity index (χ2n) is 4.67. The van der Waals surface area contributed by atoms with E-state index < -0.39 is 5.97 Å². The number of aromatic nitrogens is 3. The molecule has 0 radical (unpaired) electrons. The molecule has 110 valence electrons. The summed E-state index contributed by atoms with van der Waals surface area (Å²) in [4.78, 5) is 24.5. The molecule has 0 aromatic carbocycles. The molecular formula is C12H18N4O4. The number of nitrogens with zero attached hydrogens (tertiary/aromatic N) is 4. The van der Waals surface area contributed by atoms with Gasteiger partial charge in [0.15, 0.2) is 5.69 Å². The fourth-order valence-electron chi connectivity index (χ4n) is 2.25. The quantitative estimate of drug-likeness (QED) is 0.816. The van der Waals surface area contributed by atoms with Gasteiger partial charge in [0.05, 0.1) is 12.3 Å². The summed E-state index contributed by atoms with van der Waals surface area (Å²) < 4.78 is 6.79. The molecule has 1 aliphatic heterocycles. The second kappa shape index (κ2) is 6.47. The molecule has 0 bridgehead atoms. The molecule has 8 heteroatoms. The van der Waals surface area contributed by atoms with Crippen LogP contribution in [0.1, 0.15) is 30.3 Å². The molecule has 1 amide bonds. The lowest BCUT2D eigenvalue weighted by molar-refractivity contribution is -0.136. The molecule has 1 aliphatic rings. The molecule has 1 aromatic heterocycles. The van der Waals surface area contributed by atoms with Crippen LogP contribution in [0.25, 0.3) is 0 Å². The van der Waals surface area contributed by atoms with Gasteiger partial charge in [-0.3, -0.25) is 4.79 Å². The van der Waals surface area contributed by atoms with E-state index in [2.05, 4.69) is 10.3 Å². The molecule has 0 saturated carbocycles. The molecule has 8 nitrogen and oxygen atoms in total. The summed E-state index contributed by atoms with van der Waals surface area (Å²) in [6.45, 7) is 3.84. The first-order valence-corrected chi connectivity index (χ1v) is 6.63. The number of likely N-dealkylation sites (tertiary alicyclic amines) is 1. The van der Waals surface area contributed by atoms with Gasteiger partial charge in [-0.2, -0.15) is 0 Å². The molecule has 0 aliphatic carbocycles. The first-order valence-electron chi connectivity index (χ1n) is 6.63. The molecular weight excluding hydrogens is 264 g/mol. The second-order valence-corrected chi connectivity index (χ2v) is 4.67. The number of carbonyl (C=O) groups is 2. The zero-order valence-electron chi connectivity index (χ0n) is 11.4.